The van der Waals surface area contributed by atoms with Gasteiger partial charge in [0.15, 0.2) is 0 Å². The number of hydrogen-bond donors (Lipinski definition) is 0. The van der Waals surface area contributed by atoms with E-state index in [1.807, 2.05) is 0 Å². The maximum absolute atomic E-state index is 2.49. The molecular formula is C10H18IN. The fourth-order valence-electron chi connectivity index (χ4n) is 2.93. The van der Waals surface area contributed by atoms with Crippen molar-refractivity contribution in [3.05, 3.63) is 0 Å². The number of rotatable bonds is 0. The molecule has 0 amide bonds. The maximum atomic E-state index is 2.49. The molecule has 1 spiro atoms. The summed E-state index contributed by atoms with van der Waals surface area (Å²) in [7, 11) is 0. The first-order chi connectivity index (χ1) is 5.73. The van der Waals surface area contributed by atoms with E-state index in [2.05, 4.69) is 32.9 Å². The fourth-order valence-corrected chi connectivity index (χ4v) is 3.85. The Hall–Kier alpha value is 0.690. The van der Waals surface area contributed by atoms with Gasteiger partial charge in [-0.25, -0.2) is 3.11 Å². The lowest BCUT2D eigenvalue weighted by Crippen LogP contribution is -2.33. The Labute approximate surface area is 89.4 Å². The Morgan fingerprint density at radius 1 is 1.33 bits per heavy atom. The van der Waals surface area contributed by atoms with Crippen molar-refractivity contribution >= 4 is 22.9 Å². The van der Waals surface area contributed by atoms with Crippen LogP contribution in [0.1, 0.15) is 39.0 Å². The lowest BCUT2D eigenvalue weighted by molar-refractivity contribution is 0.126. The van der Waals surface area contributed by atoms with Gasteiger partial charge in [0.25, 0.3) is 0 Å². The summed E-state index contributed by atoms with van der Waals surface area (Å²) in [5, 5.41) is 0. The third-order valence-corrected chi connectivity index (χ3v) is 4.77. The van der Waals surface area contributed by atoms with Crippen LogP contribution in [-0.2, 0) is 0 Å². The van der Waals surface area contributed by atoms with Crippen molar-refractivity contribution in [2.45, 2.75) is 39.0 Å². The van der Waals surface area contributed by atoms with Crippen molar-refractivity contribution < 1.29 is 0 Å². The maximum Gasteiger partial charge on any atom is 0.0201 e. The summed E-state index contributed by atoms with van der Waals surface area (Å²) in [5.74, 6) is 0.978. The highest BCUT2D eigenvalue weighted by Crippen LogP contribution is 2.48. The monoisotopic (exact) mass is 279 g/mol. The van der Waals surface area contributed by atoms with Crippen LogP contribution in [-0.4, -0.2) is 16.2 Å². The van der Waals surface area contributed by atoms with Crippen LogP contribution in [0.3, 0.4) is 0 Å². The van der Waals surface area contributed by atoms with Crippen LogP contribution in [0.5, 0.6) is 0 Å². The van der Waals surface area contributed by atoms with Gasteiger partial charge in [0.1, 0.15) is 0 Å². The molecule has 12 heavy (non-hydrogen) atoms. The van der Waals surface area contributed by atoms with E-state index in [4.69, 9.17) is 0 Å². The first-order valence-corrected chi connectivity index (χ1v) is 6.10. The van der Waals surface area contributed by atoms with Crippen LogP contribution in [0, 0.1) is 11.3 Å². The van der Waals surface area contributed by atoms with Crippen molar-refractivity contribution in [3.8, 4) is 0 Å². The molecule has 0 radical (unpaired) electrons. The molecule has 1 saturated heterocycles. The molecule has 2 fully saturated rings. The molecule has 1 aliphatic carbocycles. The van der Waals surface area contributed by atoms with Gasteiger partial charge in [-0.05, 0) is 24.2 Å². The molecule has 1 unspecified atom stereocenters. The molecular weight excluding hydrogens is 261 g/mol. The summed E-state index contributed by atoms with van der Waals surface area (Å²) in [5.41, 5.74) is 0.722. The summed E-state index contributed by atoms with van der Waals surface area (Å²) < 4.78 is 2.49. The summed E-state index contributed by atoms with van der Waals surface area (Å²) >= 11 is 2.49. The Balaban J connectivity index is 2.07. The van der Waals surface area contributed by atoms with E-state index in [9.17, 15) is 0 Å². The van der Waals surface area contributed by atoms with Crippen LogP contribution in [0.2, 0.25) is 0 Å². The van der Waals surface area contributed by atoms with Gasteiger partial charge in [-0.1, -0.05) is 26.2 Å². The van der Waals surface area contributed by atoms with Gasteiger partial charge in [-0.2, -0.15) is 0 Å². The van der Waals surface area contributed by atoms with E-state index in [-0.39, 0.29) is 0 Å². The standard InChI is InChI=1S/C10H18IN/c1-9-4-2-3-5-10(9)6-7-12(11)8-10/h9H,2-8H2,1H3/t9?,10-/m1/s1. The van der Waals surface area contributed by atoms with E-state index < -0.39 is 0 Å². The molecule has 2 atom stereocenters. The van der Waals surface area contributed by atoms with E-state index in [0.29, 0.717) is 0 Å². The Kier molecular flexibility index (Phi) is 2.66. The zero-order valence-corrected chi connectivity index (χ0v) is 10.0. The van der Waals surface area contributed by atoms with Crippen LogP contribution < -0.4 is 0 Å². The largest absolute Gasteiger partial charge is 0.247 e. The van der Waals surface area contributed by atoms with E-state index in [1.165, 1.54) is 45.2 Å². The zero-order valence-electron chi connectivity index (χ0n) is 7.85. The molecule has 2 rings (SSSR count). The average molecular weight is 279 g/mol. The molecule has 0 N–H and O–H groups in total. The Morgan fingerprint density at radius 2 is 2.17 bits per heavy atom. The predicted octanol–water partition coefficient (Wildman–Crippen LogP) is 3.24. The molecule has 1 aliphatic heterocycles. The number of nitrogens with zero attached hydrogens (tertiary/aromatic N) is 1. The summed E-state index contributed by atoms with van der Waals surface area (Å²) in [6.45, 7) is 5.15. The first-order valence-electron chi connectivity index (χ1n) is 5.14. The van der Waals surface area contributed by atoms with Gasteiger partial charge in [0, 0.05) is 36.0 Å². The van der Waals surface area contributed by atoms with Crippen LogP contribution >= 0.6 is 22.9 Å². The highest BCUT2D eigenvalue weighted by atomic mass is 127. The Bertz CT molecular complexity index is 167. The minimum absolute atomic E-state index is 0.722. The van der Waals surface area contributed by atoms with Crippen molar-refractivity contribution in [2.75, 3.05) is 13.1 Å². The van der Waals surface area contributed by atoms with E-state index in [1.54, 1.807) is 0 Å². The number of hydrogen-bond acceptors (Lipinski definition) is 1. The predicted molar refractivity (Wildman–Crippen MR) is 60.3 cm³/mol. The van der Waals surface area contributed by atoms with Gasteiger partial charge in [-0.15, -0.1) is 0 Å². The van der Waals surface area contributed by atoms with Gasteiger partial charge in [0.2, 0.25) is 0 Å². The fraction of sp³-hybridized carbons (Fsp3) is 1.00. The smallest absolute Gasteiger partial charge is 0.0201 e. The molecule has 1 saturated carbocycles. The molecule has 70 valence electrons. The lowest BCUT2D eigenvalue weighted by Gasteiger charge is -2.39. The molecule has 0 aromatic heterocycles. The highest BCUT2D eigenvalue weighted by Gasteiger charge is 2.42. The molecule has 2 aliphatic rings. The second-order valence-corrected chi connectivity index (χ2v) is 5.97. The molecule has 2 heteroatoms. The van der Waals surface area contributed by atoms with Gasteiger partial charge in [-0.3, -0.25) is 0 Å². The highest BCUT2D eigenvalue weighted by molar-refractivity contribution is 14.1. The third-order valence-electron chi connectivity index (χ3n) is 3.95. The Morgan fingerprint density at radius 3 is 2.75 bits per heavy atom. The van der Waals surface area contributed by atoms with Crippen LogP contribution in [0.15, 0.2) is 0 Å². The minimum Gasteiger partial charge on any atom is -0.247 e. The SMILES string of the molecule is CC1CCCC[C@]12CCN(I)C2. The average Bonchev–Trinajstić information content (AvgIpc) is 2.41. The third kappa shape index (κ3) is 1.52. The van der Waals surface area contributed by atoms with Crippen LogP contribution in [0.4, 0.5) is 0 Å². The van der Waals surface area contributed by atoms with Crippen molar-refractivity contribution in [3.63, 3.8) is 0 Å². The quantitative estimate of drug-likeness (QED) is 0.486. The zero-order chi connectivity index (χ0) is 8.60. The van der Waals surface area contributed by atoms with E-state index >= 15 is 0 Å². The van der Waals surface area contributed by atoms with Crippen LogP contribution in [0.25, 0.3) is 0 Å². The molecule has 1 nitrogen and oxygen atoms in total. The van der Waals surface area contributed by atoms with Crippen molar-refractivity contribution in [2.24, 2.45) is 11.3 Å². The second kappa shape index (κ2) is 3.45. The summed E-state index contributed by atoms with van der Waals surface area (Å²) in [4.78, 5) is 0. The normalized spacial score (nSPS) is 44.0. The lowest BCUT2D eigenvalue weighted by atomic mass is 9.66. The molecule has 0 aromatic carbocycles. The molecule has 0 aromatic rings. The van der Waals surface area contributed by atoms with E-state index in [0.717, 1.165) is 11.3 Å². The van der Waals surface area contributed by atoms with Crippen molar-refractivity contribution in [1.82, 2.24) is 3.11 Å². The topological polar surface area (TPSA) is 3.24 Å². The van der Waals surface area contributed by atoms with Crippen molar-refractivity contribution in [1.29, 1.82) is 0 Å². The summed E-state index contributed by atoms with van der Waals surface area (Å²) in [6.07, 6.45) is 7.38. The second-order valence-electron chi connectivity index (χ2n) is 4.60. The first kappa shape index (κ1) is 9.25. The molecule has 1 heterocycles. The van der Waals surface area contributed by atoms with Gasteiger partial charge in [0.05, 0.1) is 0 Å². The number of halogens is 1. The minimum atomic E-state index is 0.722. The molecule has 0 bridgehead atoms. The summed E-state index contributed by atoms with van der Waals surface area (Å²) in [6, 6.07) is 0. The van der Waals surface area contributed by atoms with Gasteiger partial charge < -0.3 is 0 Å². The van der Waals surface area contributed by atoms with Gasteiger partial charge >= 0.3 is 0 Å².